The van der Waals surface area contributed by atoms with Crippen LogP contribution in [0.5, 0.6) is 0 Å². The Kier molecular flexibility index (Phi) is 5.10. The van der Waals surface area contributed by atoms with Crippen molar-refractivity contribution >= 4 is 11.9 Å². The lowest BCUT2D eigenvalue weighted by molar-refractivity contribution is -0.459. The molecule has 0 spiro atoms. The maximum absolute atomic E-state index is 11.2. The van der Waals surface area contributed by atoms with Crippen molar-refractivity contribution in [1.29, 1.82) is 0 Å². The Morgan fingerprint density at radius 2 is 1.80 bits per heavy atom. The number of carbonyl (C=O) groups is 2. The molecule has 0 heterocycles. The van der Waals surface area contributed by atoms with E-state index in [4.69, 9.17) is 0 Å². The molecule has 5 nitrogen and oxygen atoms in total. The van der Waals surface area contributed by atoms with Crippen molar-refractivity contribution in [3.63, 3.8) is 0 Å². The summed E-state index contributed by atoms with van der Waals surface area (Å²) in [5.74, 6) is -0.754. The molecule has 15 heavy (non-hydrogen) atoms. The second kappa shape index (κ2) is 6.40. The van der Waals surface area contributed by atoms with Crippen molar-refractivity contribution in [1.82, 2.24) is 0 Å². The van der Waals surface area contributed by atoms with Crippen LogP contribution >= 0.6 is 0 Å². The van der Waals surface area contributed by atoms with E-state index in [9.17, 15) is 9.59 Å². The molecule has 1 rings (SSSR count). The Morgan fingerprint density at radius 3 is 2.40 bits per heavy atom. The highest BCUT2D eigenvalue weighted by Crippen LogP contribution is 2.26. The SMILES string of the molecule is CC(=O)OOOC(=O)CC1CCCCC1. The van der Waals surface area contributed by atoms with Gasteiger partial charge in [-0.25, -0.2) is 9.59 Å². The molecule has 1 saturated carbocycles. The van der Waals surface area contributed by atoms with Gasteiger partial charge in [0, 0.05) is 12.0 Å². The zero-order valence-electron chi connectivity index (χ0n) is 8.86. The van der Waals surface area contributed by atoms with E-state index in [1.807, 2.05) is 0 Å². The Hall–Kier alpha value is -1.10. The minimum atomic E-state index is -0.652. The second-order valence-corrected chi connectivity index (χ2v) is 3.81. The van der Waals surface area contributed by atoms with Gasteiger partial charge in [0.05, 0.1) is 6.42 Å². The van der Waals surface area contributed by atoms with Gasteiger partial charge in [-0.3, -0.25) is 9.78 Å². The third-order valence-electron chi connectivity index (χ3n) is 2.46. The van der Waals surface area contributed by atoms with Gasteiger partial charge >= 0.3 is 11.9 Å². The lowest BCUT2D eigenvalue weighted by atomic mass is 9.87. The first kappa shape index (κ1) is 12.0. The van der Waals surface area contributed by atoms with Crippen molar-refractivity contribution in [3.05, 3.63) is 0 Å². The summed E-state index contributed by atoms with van der Waals surface area (Å²) in [6.45, 7) is 1.16. The lowest BCUT2D eigenvalue weighted by Gasteiger charge is -2.19. The van der Waals surface area contributed by atoms with Crippen LogP contribution in [0.2, 0.25) is 0 Å². The minimum absolute atomic E-state index is 0.335. The third-order valence-corrected chi connectivity index (χ3v) is 2.46. The highest BCUT2D eigenvalue weighted by molar-refractivity contribution is 5.69. The molecule has 5 heteroatoms. The average Bonchev–Trinajstić information content (AvgIpc) is 2.18. The molecule has 1 fully saturated rings. The van der Waals surface area contributed by atoms with Crippen LogP contribution in [-0.2, 0) is 24.4 Å². The van der Waals surface area contributed by atoms with Crippen LogP contribution in [0.4, 0.5) is 0 Å². The largest absolute Gasteiger partial charge is 0.346 e. The zero-order valence-corrected chi connectivity index (χ0v) is 8.86. The van der Waals surface area contributed by atoms with Crippen LogP contribution in [0, 0.1) is 5.92 Å². The standard InChI is InChI=1S/C10H16O5/c1-8(11)13-15-14-10(12)7-9-5-3-2-4-6-9/h9H,2-7H2,1H3. The Labute approximate surface area is 88.5 Å². The quantitative estimate of drug-likeness (QED) is 0.530. The van der Waals surface area contributed by atoms with Crippen molar-refractivity contribution < 1.29 is 24.4 Å². The van der Waals surface area contributed by atoms with Gasteiger partial charge in [-0.15, -0.1) is 0 Å². The van der Waals surface area contributed by atoms with E-state index >= 15 is 0 Å². The first-order valence-electron chi connectivity index (χ1n) is 5.23. The van der Waals surface area contributed by atoms with E-state index < -0.39 is 11.9 Å². The highest BCUT2D eigenvalue weighted by Gasteiger charge is 2.18. The van der Waals surface area contributed by atoms with Crippen LogP contribution < -0.4 is 0 Å². The molecule has 1 aliphatic rings. The van der Waals surface area contributed by atoms with Gasteiger partial charge < -0.3 is 0 Å². The summed E-state index contributed by atoms with van der Waals surface area (Å²) >= 11 is 0. The van der Waals surface area contributed by atoms with Gasteiger partial charge in [-0.1, -0.05) is 19.3 Å². The van der Waals surface area contributed by atoms with Crippen LogP contribution in [0.3, 0.4) is 0 Å². The average molecular weight is 216 g/mol. The molecule has 86 valence electrons. The lowest BCUT2D eigenvalue weighted by Crippen LogP contribution is -2.15. The first-order chi connectivity index (χ1) is 7.18. The summed E-state index contributed by atoms with van der Waals surface area (Å²) in [6, 6.07) is 0. The van der Waals surface area contributed by atoms with Gasteiger partial charge in [0.25, 0.3) is 0 Å². The van der Waals surface area contributed by atoms with Gasteiger partial charge in [0.2, 0.25) is 0 Å². The molecule has 0 N–H and O–H groups in total. The summed E-state index contributed by atoms with van der Waals surface area (Å²) in [5, 5.41) is 4.00. The predicted molar refractivity (Wildman–Crippen MR) is 50.1 cm³/mol. The van der Waals surface area contributed by atoms with Gasteiger partial charge in [0.15, 0.2) is 0 Å². The topological polar surface area (TPSA) is 61.8 Å². The van der Waals surface area contributed by atoms with Crippen molar-refractivity contribution in [2.24, 2.45) is 5.92 Å². The molecule has 0 aliphatic heterocycles. The summed E-state index contributed by atoms with van der Waals surface area (Å²) in [4.78, 5) is 29.7. The van der Waals surface area contributed by atoms with Crippen LogP contribution in [0.1, 0.15) is 45.4 Å². The van der Waals surface area contributed by atoms with Crippen molar-refractivity contribution in [2.75, 3.05) is 0 Å². The smallest absolute Gasteiger partial charge is 0.260 e. The van der Waals surface area contributed by atoms with Crippen LogP contribution in [0.25, 0.3) is 0 Å². The molecule has 0 amide bonds. The fourth-order valence-electron chi connectivity index (χ4n) is 1.76. The molecule has 0 aromatic rings. The van der Waals surface area contributed by atoms with E-state index in [2.05, 4.69) is 14.8 Å². The van der Waals surface area contributed by atoms with Crippen molar-refractivity contribution in [2.45, 2.75) is 45.4 Å². The number of rotatable bonds is 4. The Bertz CT molecular complexity index is 220. The van der Waals surface area contributed by atoms with Crippen LogP contribution in [0.15, 0.2) is 0 Å². The van der Waals surface area contributed by atoms with E-state index in [1.54, 1.807) is 0 Å². The van der Waals surface area contributed by atoms with E-state index in [0.29, 0.717) is 12.3 Å². The maximum Gasteiger partial charge on any atom is 0.346 e. The molecule has 0 aromatic heterocycles. The monoisotopic (exact) mass is 216 g/mol. The minimum Gasteiger partial charge on any atom is -0.260 e. The molecule has 0 unspecified atom stereocenters. The van der Waals surface area contributed by atoms with Gasteiger partial charge in [-0.05, 0) is 18.8 Å². The normalized spacial score (nSPS) is 17.1. The summed E-state index contributed by atoms with van der Waals surface area (Å²) in [7, 11) is 0. The molecule has 1 aliphatic carbocycles. The molecule has 0 bridgehead atoms. The number of carbonyl (C=O) groups excluding carboxylic acids is 2. The zero-order chi connectivity index (χ0) is 11.1. The Balaban J connectivity index is 2.09. The van der Waals surface area contributed by atoms with E-state index in [-0.39, 0.29) is 0 Å². The molecular weight excluding hydrogens is 200 g/mol. The molecule has 0 radical (unpaired) electrons. The summed E-state index contributed by atoms with van der Waals surface area (Å²) in [6.07, 6.45) is 6.04. The number of hydrogen-bond donors (Lipinski definition) is 0. The Morgan fingerprint density at radius 1 is 1.13 bits per heavy atom. The van der Waals surface area contributed by atoms with Crippen molar-refractivity contribution in [3.8, 4) is 0 Å². The number of hydrogen-bond acceptors (Lipinski definition) is 5. The van der Waals surface area contributed by atoms with Gasteiger partial charge in [-0.2, -0.15) is 0 Å². The third kappa shape index (κ3) is 5.37. The maximum atomic E-state index is 11.2. The first-order valence-corrected chi connectivity index (χ1v) is 5.23. The summed E-state index contributed by atoms with van der Waals surface area (Å²) < 4.78 is 0. The fourth-order valence-corrected chi connectivity index (χ4v) is 1.76. The molecule has 0 atom stereocenters. The molecular formula is C10H16O5. The fraction of sp³-hybridized carbons (Fsp3) is 0.800. The summed E-state index contributed by atoms with van der Waals surface area (Å²) in [5.41, 5.74) is 0. The van der Waals surface area contributed by atoms with E-state index in [1.165, 1.54) is 19.3 Å². The van der Waals surface area contributed by atoms with Gasteiger partial charge in [0.1, 0.15) is 0 Å². The molecule has 0 aromatic carbocycles. The highest BCUT2D eigenvalue weighted by atomic mass is 17.5. The predicted octanol–water partition coefficient (Wildman–Crippen LogP) is 1.91. The second-order valence-electron chi connectivity index (χ2n) is 3.81. The van der Waals surface area contributed by atoms with E-state index in [0.717, 1.165) is 19.8 Å². The molecule has 0 saturated heterocycles. The van der Waals surface area contributed by atoms with Crippen LogP contribution in [-0.4, -0.2) is 11.9 Å².